The molecule has 0 amide bonds. The number of hydrogen-bond donors (Lipinski definition) is 0. The second-order valence-electron chi connectivity index (χ2n) is 4.94. The van der Waals surface area contributed by atoms with Crippen molar-refractivity contribution in [2.75, 3.05) is 0 Å². The summed E-state index contributed by atoms with van der Waals surface area (Å²) >= 11 is 0. The fourth-order valence-corrected chi connectivity index (χ4v) is 3.33. The Bertz CT molecular complexity index is 137. The van der Waals surface area contributed by atoms with Crippen molar-refractivity contribution in [2.45, 2.75) is 46.0 Å². The highest BCUT2D eigenvalue weighted by atomic mass is 14.4. The van der Waals surface area contributed by atoms with Crippen LogP contribution in [0.15, 0.2) is 0 Å². The minimum absolute atomic E-state index is 0.947. The summed E-state index contributed by atoms with van der Waals surface area (Å²) in [6, 6.07) is 0. The second-order valence-corrected chi connectivity index (χ2v) is 4.94. The molecule has 11 heavy (non-hydrogen) atoms. The van der Waals surface area contributed by atoms with Gasteiger partial charge in [-0.25, -0.2) is 0 Å². The van der Waals surface area contributed by atoms with Crippen LogP contribution in [0.1, 0.15) is 46.0 Å². The Morgan fingerprint density at radius 3 is 2.55 bits per heavy atom. The molecule has 0 aromatic heterocycles. The minimum atomic E-state index is 0.947. The first-order valence-electron chi connectivity index (χ1n) is 5.27. The predicted octanol–water partition coefficient (Wildman–Crippen LogP) is 3.47. The normalized spacial score (nSPS) is 43.4. The lowest BCUT2D eigenvalue weighted by atomic mass is 9.83. The molecule has 0 aliphatic heterocycles. The Morgan fingerprint density at radius 1 is 1.09 bits per heavy atom. The van der Waals surface area contributed by atoms with E-state index in [-0.39, 0.29) is 0 Å². The second kappa shape index (κ2) is 2.80. The van der Waals surface area contributed by atoms with Crippen molar-refractivity contribution in [3.05, 3.63) is 0 Å². The van der Waals surface area contributed by atoms with Crippen LogP contribution in [0.5, 0.6) is 0 Å². The summed E-state index contributed by atoms with van der Waals surface area (Å²) in [5.74, 6) is 4.28. The van der Waals surface area contributed by atoms with Crippen molar-refractivity contribution < 1.29 is 0 Å². The monoisotopic (exact) mass is 152 g/mol. The maximum atomic E-state index is 2.41. The Morgan fingerprint density at radius 2 is 1.91 bits per heavy atom. The average molecular weight is 152 g/mol. The largest absolute Gasteiger partial charge is 0.0625 e. The molecule has 0 saturated heterocycles. The maximum Gasteiger partial charge on any atom is -0.0360 e. The van der Waals surface area contributed by atoms with Crippen LogP contribution in [-0.2, 0) is 0 Å². The van der Waals surface area contributed by atoms with E-state index >= 15 is 0 Å². The Kier molecular flexibility index (Phi) is 1.95. The van der Waals surface area contributed by atoms with E-state index in [1.54, 1.807) is 25.7 Å². The maximum absolute atomic E-state index is 2.41. The van der Waals surface area contributed by atoms with Crippen molar-refractivity contribution in [3.8, 4) is 0 Å². The zero-order valence-corrected chi connectivity index (χ0v) is 7.84. The summed E-state index contributed by atoms with van der Waals surface area (Å²) in [7, 11) is 0. The highest BCUT2D eigenvalue weighted by Gasteiger charge is 2.37. The average Bonchev–Trinajstić information content (AvgIpc) is 2.27. The quantitative estimate of drug-likeness (QED) is 0.539. The molecule has 2 aliphatic carbocycles. The van der Waals surface area contributed by atoms with Gasteiger partial charge in [0.05, 0.1) is 0 Å². The first kappa shape index (κ1) is 7.64. The van der Waals surface area contributed by atoms with Crippen LogP contribution in [0, 0.1) is 23.7 Å². The van der Waals surface area contributed by atoms with Crippen LogP contribution in [0.3, 0.4) is 0 Å². The van der Waals surface area contributed by atoms with Crippen molar-refractivity contribution in [1.29, 1.82) is 0 Å². The Hall–Kier alpha value is 0. The van der Waals surface area contributed by atoms with Gasteiger partial charge in [-0.15, -0.1) is 0 Å². The topological polar surface area (TPSA) is 0 Å². The van der Waals surface area contributed by atoms with E-state index in [4.69, 9.17) is 0 Å². The highest BCUT2D eigenvalue weighted by molar-refractivity contribution is 4.88. The molecule has 3 unspecified atom stereocenters. The van der Waals surface area contributed by atoms with Crippen LogP contribution in [0.25, 0.3) is 0 Å². The molecule has 0 radical (unpaired) electrons. The van der Waals surface area contributed by atoms with E-state index in [1.165, 1.54) is 6.42 Å². The van der Waals surface area contributed by atoms with E-state index in [2.05, 4.69) is 13.8 Å². The van der Waals surface area contributed by atoms with Gasteiger partial charge < -0.3 is 0 Å². The van der Waals surface area contributed by atoms with Gasteiger partial charge in [-0.05, 0) is 36.5 Å². The summed E-state index contributed by atoms with van der Waals surface area (Å²) in [5.41, 5.74) is 0. The van der Waals surface area contributed by atoms with E-state index in [1.807, 2.05) is 0 Å². The predicted molar refractivity (Wildman–Crippen MR) is 48.4 cm³/mol. The minimum Gasteiger partial charge on any atom is -0.0625 e. The van der Waals surface area contributed by atoms with Crippen molar-refractivity contribution in [1.82, 2.24) is 0 Å². The van der Waals surface area contributed by atoms with Gasteiger partial charge in [-0.2, -0.15) is 0 Å². The van der Waals surface area contributed by atoms with Gasteiger partial charge in [0.1, 0.15) is 0 Å². The summed E-state index contributed by atoms with van der Waals surface area (Å²) in [5, 5.41) is 0. The molecule has 0 spiro atoms. The Balaban J connectivity index is 2.03. The van der Waals surface area contributed by atoms with Gasteiger partial charge in [0.25, 0.3) is 0 Å². The molecule has 2 rings (SSSR count). The first-order valence-corrected chi connectivity index (χ1v) is 5.27. The van der Waals surface area contributed by atoms with Gasteiger partial charge in [0.15, 0.2) is 0 Å². The smallest absolute Gasteiger partial charge is 0.0360 e. The van der Waals surface area contributed by atoms with Crippen LogP contribution >= 0.6 is 0 Å². The third kappa shape index (κ3) is 1.32. The third-order valence-electron chi connectivity index (χ3n) is 3.89. The molecule has 2 saturated carbocycles. The summed E-state index contributed by atoms with van der Waals surface area (Å²) in [6.45, 7) is 4.82. The van der Waals surface area contributed by atoms with E-state index < -0.39 is 0 Å². The first-order chi connectivity index (χ1) is 5.27. The summed E-state index contributed by atoms with van der Waals surface area (Å²) in [6.07, 6.45) is 7.74. The molecule has 0 aromatic rings. The molecule has 64 valence electrons. The molecule has 3 atom stereocenters. The SMILES string of the molecule is CC(C)C1CC2CCCC1C2. The van der Waals surface area contributed by atoms with Crippen molar-refractivity contribution in [2.24, 2.45) is 23.7 Å². The molecular weight excluding hydrogens is 132 g/mol. The van der Waals surface area contributed by atoms with Gasteiger partial charge in [0, 0.05) is 0 Å². The van der Waals surface area contributed by atoms with E-state index in [0.717, 1.165) is 23.7 Å². The molecule has 2 aliphatic rings. The lowest BCUT2D eigenvalue weighted by molar-refractivity contribution is 0.273. The van der Waals surface area contributed by atoms with Crippen LogP contribution in [0.2, 0.25) is 0 Å². The molecule has 2 fully saturated rings. The van der Waals surface area contributed by atoms with Crippen LogP contribution in [-0.4, -0.2) is 0 Å². The number of fused-ring (bicyclic) bond motifs is 2. The molecular formula is C11H20. The standard InChI is InChI=1S/C11H20/c1-8(2)11-7-9-4-3-5-10(11)6-9/h8-11H,3-7H2,1-2H3. The van der Waals surface area contributed by atoms with Crippen LogP contribution < -0.4 is 0 Å². The zero-order chi connectivity index (χ0) is 7.84. The fourth-order valence-electron chi connectivity index (χ4n) is 3.33. The zero-order valence-electron chi connectivity index (χ0n) is 7.84. The molecule has 0 nitrogen and oxygen atoms in total. The fraction of sp³-hybridized carbons (Fsp3) is 1.00. The summed E-state index contributed by atoms with van der Waals surface area (Å²) in [4.78, 5) is 0. The molecule has 0 aromatic carbocycles. The lowest BCUT2D eigenvalue weighted by Crippen LogP contribution is -2.14. The van der Waals surface area contributed by atoms with Gasteiger partial charge >= 0.3 is 0 Å². The Labute approximate surface area is 70.4 Å². The van der Waals surface area contributed by atoms with Gasteiger partial charge in [0.2, 0.25) is 0 Å². The number of hydrogen-bond acceptors (Lipinski definition) is 0. The van der Waals surface area contributed by atoms with Gasteiger partial charge in [-0.1, -0.05) is 33.1 Å². The van der Waals surface area contributed by atoms with Crippen LogP contribution in [0.4, 0.5) is 0 Å². The highest BCUT2D eigenvalue weighted by Crippen LogP contribution is 2.48. The van der Waals surface area contributed by atoms with Crippen molar-refractivity contribution >= 4 is 0 Å². The van der Waals surface area contributed by atoms with Crippen molar-refractivity contribution in [3.63, 3.8) is 0 Å². The molecule has 2 bridgehead atoms. The van der Waals surface area contributed by atoms with E-state index in [0.29, 0.717) is 0 Å². The lowest BCUT2D eigenvalue weighted by Gasteiger charge is -2.23. The molecule has 0 N–H and O–H groups in total. The van der Waals surface area contributed by atoms with Gasteiger partial charge in [-0.3, -0.25) is 0 Å². The van der Waals surface area contributed by atoms with E-state index in [9.17, 15) is 0 Å². The molecule has 0 heterocycles. The number of rotatable bonds is 1. The third-order valence-corrected chi connectivity index (χ3v) is 3.89. The summed E-state index contributed by atoms with van der Waals surface area (Å²) < 4.78 is 0. The molecule has 0 heteroatoms.